The molecule has 114 valence electrons. The zero-order valence-corrected chi connectivity index (χ0v) is 10.6. The van der Waals surface area contributed by atoms with Gasteiger partial charge >= 0.3 is 6.03 Å². The average Bonchev–Trinajstić information content (AvgIpc) is 2.68. The van der Waals surface area contributed by atoms with E-state index in [1.807, 2.05) is 0 Å². The number of carbonyl (C=O) groups is 2. The van der Waals surface area contributed by atoms with E-state index in [4.69, 9.17) is 9.84 Å². The van der Waals surface area contributed by atoms with E-state index in [1.54, 1.807) is 5.32 Å². The third-order valence-corrected chi connectivity index (χ3v) is 3.54. The Bertz CT molecular complexity index is 437. The number of rotatable bonds is 2. The smallest absolute Gasteiger partial charge is 0.330 e. The van der Waals surface area contributed by atoms with Crippen molar-refractivity contribution in [3.63, 3.8) is 0 Å². The molecule has 0 aromatic rings. The molecule has 0 bridgehead atoms. The lowest BCUT2D eigenvalue weighted by molar-refractivity contribution is -0.347. The summed E-state index contributed by atoms with van der Waals surface area (Å²) >= 11 is 0. The van der Waals surface area contributed by atoms with Crippen LogP contribution >= 0.6 is 0 Å². The SMILES string of the molecule is CC1(O)C(=O)NC(=O)N([C@H]2C[C@H](O)[C@@H](CO)O2)C1(O)O. The minimum absolute atomic E-state index is 0.216. The monoisotopic (exact) mass is 292 g/mol. The summed E-state index contributed by atoms with van der Waals surface area (Å²) in [5.41, 5.74) is -2.69. The lowest BCUT2D eigenvalue weighted by Crippen LogP contribution is -2.78. The molecule has 2 rings (SSSR count). The van der Waals surface area contributed by atoms with Gasteiger partial charge in [0.15, 0.2) is 0 Å². The van der Waals surface area contributed by atoms with Crippen LogP contribution in [0.5, 0.6) is 0 Å². The Morgan fingerprint density at radius 1 is 1.40 bits per heavy atom. The summed E-state index contributed by atoms with van der Waals surface area (Å²) in [6.45, 7) is 0.281. The quantitative estimate of drug-likeness (QED) is 0.285. The van der Waals surface area contributed by atoms with E-state index in [-0.39, 0.29) is 6.42 Å². The normalized spacial score (nSPS) is 40.9. The van der Waals surface area contributed by atoms with E-state index < -0.39 is 48.5 Å². The molecule has 20 heavy (non-hydrogen) atoms. The number of hydrogen-bond donors (Lipinski definition) is 6. The van der Waals surface area contributed by atoms with Crippen molar-refractivity contribution in [2.24, 2.45) is 0 Å². The fourth-order valence-corrected chi connectivity index (χ4v) is 2.18. The van der Waals surface area contributed by atoms with Gasteiger partial charge in [0.2, 0.25) is 5.60 Å². The lowest BCUT2D eigenvalue weighted by Gasteiger charge is -2.47. The van der Waals surface area contributed by atoms with Crippen molar-refractivity contribution in [2.45, 2.75) is 43.3 Å². The van der Waals surface area contributed by atoms with Gasteiger partial charge in [-0.05, 0) is 6.92 Å². The van der Waals surface area contributed by atoms with Crippen molar-refractivity contribution < 1.29 is 39.9 Å². The molecule has 1 unspecified atom stereocenters. The highest BCUT2D eigenvalue weighted by Crippen LogP contribution is 2.34. The average molecular weight is 292 g/mol. The molecule has 0 saturated carbocycles. The third kappa shape index (κ3) is 1.97. The van der Waals surface area contributed by atoms with Crippen LogP contribution in [0.4, 0.5) is 4.79 Å². The Labute approximate surface area is 113 Å². The van der Waals surface area contributed by atoms with E-state index >= 15 is 0 Å². The zero-order chi connectivity index (χ0) is 15.3. The van der Waals surface area contributed by atoms with E-state index in [9.17, 15) is 30.0 Å². The van der Waals surface area contributed by atoms with Gasteiger partial charge in [0.1, 0.15) is 12.3 Å². The molecule has 10 nitrogen and oxygen atoms in total. The molecule has 3 amide bonds. The van der Waals surface area contributed by atoms with Gasteiger partial charge in [0, 0.05) is 6.42 Å². The second-order valence-electron chi connectivity index (χ2n) is 4.95. The Kier molecular flexibility index (Phi) is 3.48. The number of nitrogens with zero attached hydrogens (tertiary/aromatic N) is 1. The number of aliphatic hydroxyl groups excluding tert-OH is 2. The summed E-state index contributed by atoms with van der Waals surface area (Å²) in [4.78, 5) is 23.5. The number of ether oxygens (including phenoxy) is 1. The van der Waals surface area contributed by atoms with E-state index in [1.165, 1.54) is 0 Å². The number of nitrogens with one attached hydrogen (secondary N) is 1. The number of carbonyl (C=O) groups excluding carboxylic acids is 2. The molecule has 4 atom stereocenters. The van der Waals surface area contributed by atoms with Gasteiger partial charge in [-0.25, -0.2) is 9.69 Å². The molecular formula is C10H16N2O8. The highest BCUT2D eigenvalue weighted by Gasteiger charge is 2.63. The van der Waals surface area contributed by atoms with Crippen LogP contribution in [0.2, 0.25) is 0 Å². The van der Waals surface area contributed by atoms with E-state index in [0.717, 1.165) is 6.92 Å². The first kappa shape index (κ1) is 15.1. The van der Waals surface area contributed by atoms with Crippen molar-refractivity contribution in [1.82, 2.24) is 10.2 Å². The fraction of sp³-hybridized carbons (Fsp3) is 0.800. The van der Waals surface area contributed by atoms with Gasteiger partial charge in [0.05, 0.1) is 12.7 Å². The maximum Gasteiger partial charge on any atom is 0.330 e. The lowest BCUT2D eigenvalue weighted by atomic mass is 9.96. The second kappa shape index (κ2) is 4.62. The van der Waals surface area contributed by atoms with Crippen LogP contribution in [0.25, 0.3) is 0 Å². The van der Waals surface area contributed by atoms with E-state index in [2.05, 4.69) is 0 Å². The summed E-state index contributed by atoms with van der Waals surface area (Å²) in [6.07, 6.45) is -3.68. The van der Waals surface area contributed by atoms with Gasteiger partial charge in [-0.15, -0.1) is 0 Å². The molecule has 10 heteroatoms. The largest absolute Gasteiger partial charge is 0.394 e. The first-order valence-electron chi connectivity index (χ1n) is 5.89. The molecular weight excluding hydrogens is 276 g/mol. The number of amides is 3. The van der Waals surface area contributed by atoms with Gasteiger partial charge in [-0.1, -0.05) is 0 Å². The van der Waals surface area contributed by atoms with Crippen LogP contribution in [-0.2, 0) is 9.53 Å². The highest BCUT2D eigenvalue weighted by atomic mass is 16.6. The van der Waals surface area contributed by atoms with Crippen molar-refractivity contribution >= 4 is 11.9 Å². The van der Waals surface area contributed by atoms with Crippen LogP contribution < -0.4 is 5.32 Å². The van der Waals surface area contributed by atoms with Crippen LogP contribution in [0, 0.1) is 0 Å². The van der Waals surface area contributed by atoms with Crippen LogP contribution in [-0.4, -0.2) is 78.9 Å². The summed E-state index contributed by atoms with van der Waals surface area (Å²) in [5, 5.41) is 50.0. The minimum atomic E-state index is -3.22. The summed E-state index contributed by atoms with van der Waals surface area (Å²) < 4.78 is 5.12. The molecule has 2 aliphatic rings. The molecule has 0 aromatic heterocycles. The van der Waals surface area contributed by atoms with Crippen LogP contribution in [0.1, 0.15) is 13.3 Å². The van der Waals surface area contributed by atoms with Crippen molar-refractivity contribution in [3.05, 3.63) is 0 Å². The molecule has 0 aliphatic carbocycles. The van der Waals surface area contributed by atoms with Crippen LogP contribution in [0.15, 0.2) is 0 Å². The van der Waals surface area contributed by atoms with Gasteiger partial charge in [-0.2, -0.15) is 0 Å². The maximum atomic E-state index is 11.7. The van der Waals surface area contributed by atoms with Gasteiger partial charge in [-0.3, -0.25) is 10.1 Å². The first-order valence-corrected chi connectivity index (χ1v) is 5.89. The summed E-state index contributed by atoms with van der Waals surface area (Å²) in [6, 6.07) is -1.19. The summed E-state index contributed by atoms with van der Waals surface area (Å²) in [5.74, 6) is -4.50. The standard InChI is InChI=1S/C10H16N2O8/c1-9(17)7(15)11-8(16)12(10(9,18)19)6-2-4(14)5(3-13)20-6/h4-6,13-14,17-19H,2-3H2,1H3,(H,11,15,16)/t4-,5+,6+,9?/m0/s1. The maximum absolute atomic E-state index is 11.7. The number of urea groups is 1. The number of aliphatic hydroxyl groups is 5. The molecule has 0 radical (unpaired) electrons. The predicted octanol–water partition coefficient (Wildman–Crippen LogP) is -3.60. The summed E-state index contributed by atoms with van der Waals surface area (Å²) in [7, 11) is 0. The highest BCUT2D eigenvalue weighted by molar-refractivity contribution is 6.02. The van der Waals surface area contributed by atoms with Crippen molar-refractivity contribution in [1.29, 1.82) is 0 Å². The Hall–Kier alpha value is -1.30. The number of hydrogen-bond acceptors (Lipinski definition) is 8. The fourth-order valence-electron chi connectivity index (χ4n) is 2.18. The van der Waals surface area contributed by atoms with Gasteiger partial charge < -0.3 is 30.3 Å². The van der Waals surface area contributed by atoms with Crippen LogP contribution in [0.3, 0.4) is 0 Å². The molecule has 0 aromatic carbocycles. The molecule has 2 heterocycles. The predicted molar refractivity (Wildman–Crippen MR) is 59.5 cm³/mol. The van der Waals surface area contributed by atoms with Crippen molar-refractivity contribution in [3.8, 4) is 0 Å². The van der Waals surface area contributed by atoms with E-state index in [0.29, 0.717) is 4.90 Å². The Balaban J connectivity index is 2.31. The minimum Gasteiger partial charge on any atom is -0.394 e. The molecule has 2 saturated heterocycles. The molecule has 2 aliphatic heterocycles. The third-order valence-electron chi connectivity index (χ3n) is 3.54. The zero-order valence-electron chi connectivity index (χ0n) is 10.6. The molecule has 6 N–H and O–H groups in total. The Morgan fingerprint density at radius 3 is 2.50 bits per heavy atom. The van der Waals surface area contributed by atoms with Gasteiger partial charge in [0.25, 0.3) is 11.8 Å². The number of imide groups is 1. The topological polar surface area (TPSA) is 160 Å². The first-order chi connectivity index (χ1) is 9.12. The van der Waals surface area contributed by atoms with Crippen molar-refractivity contribution in [2.75, 3.05) is 6.61 Å². The molecule has 2 fully saturated rings. The molecule has 0 spiro atoms. The Morgan fingerprint density at radius 2 is 2.00 bits per heavy atom. The second-order valence-corrected chi connectivity index (χ2v) is 4.95.